The van der Waals surface area contributed by atoms with Gasteiger partial charge in [0.15, 0.2) is 0 Å². The van der Waals surface area contributed by atoms with Gasteiger partial charge < -0.3 is 9.47 Å². The number of allylic oxidation sites excluding steroid dienone is 1. The number of benzene rings is 1. The van der Waals surface area contributed by atoms with Crippen LogP contribution in [0.5, 0.6) is 0 Å². The summed E-state index contributed by atoms with van der Waals surface area (Å²) in [6.07, 6.45) is 8.83. The highest BCUT2D eigenvalue weighted by atomic mass is 16.2. The maximum absolute atomic E-state index is 13.5. The van der Waals surface area contributed by atoms with Crippen LogP contribution in [0.4, 0.5) is 5.95 Å². The lowest BCUT2D eigenvalue weighted by Gasteiger charge is -2.26. The highest BCUT2D eigenvalue weighted by Crippen LogP contribution is 2.33. The molecule has 4 heterocycles. The summed E-state index contributed by atoms with van der Waals surface area (Å²) in [4.78, 5) is 40.2. The van der Waals surface area contributed by atoms with E-state index in [0.29, 0.717) is 18.1 Å². The predicted octanol–water partition coefficient (Wildman–Crippen LogP) is 5.33. The van der Waals surface area contributed by atoms with E-state index in [1.165, 1.54) is 18.4 Å². The number of carbonyl (C=O) groups excluding carboxylic acids is 2. The van der Waals surface area contributed by atoms with Gasteiger partial charge in [-0.3, -0.25) is 24.8 Å². The highest BCUT2D eigenvalue weighted by Gasteiger charge is 2.28. The number of nitrogens with one attached hydrogen (secondary N) is 1. The van der Waals surface area contributed by atoms with E-state index in [2.05, 4.69) is 38.8 Å². The molecule has 2 aromatic heterocycles. The summed E-state index contributed by atoms with van der Waals surface area (Å²) in [7, 11) is 0. The Bertz CT molecular complexity index is 1380. The molecule has 2 aliphatic heterocycles. The molecule has 5 rings (SSSR count). The van der Waals surface area contributed by atoms with Crippen LogP contribution in [0.25, 0.3) is 11.0 Å². The first-order chi connectivity index (χ1) is 18.8. The number of pyridine rings is 1. The second-order valence-corrected chi connectivity index (χ2v) is 11.1. The summed E-state index contributed by atoms with van der Waals surface area (Å²) in [5, 5.41) is 3.13. The van der Waals surface area contributed by atoms with Crippen LogP contribution in [0.3, 0.4) is 0 Å². The van der Waals surface area contributed by atoms with Crippen LogP contribution in [-0.2, 0) is 11.3 Å². The van der Waals surface area contributed by atoms with Crippen molar-refractivity contribution in [3.05, 3.63) is 64.5 Å². The number of fused-ring (bicyclic) bond motifs is 1. The number of imidazole rings is 1. The molecule has 1 N–H and O–H groups in total. The van der Waals surface area contributed by atoms with E-state index in [9.17, 15) is 9.59 Å². The van der Waals surface area contributed by atoms with Crippen LogP contribution in [-0.4, -0.2) is 62.3 Å². The number of carbonyl (C=O) groups is 2. The molecule has 0 spiro atoms. The minimum atomic E-state index is -0.203. The number of hydrogen-bond donors (Lipinski definition) is 1. The van der Waals surface area contributed by atoms with E-state index < -0.39 is 0 Å². The third-order valence-electron chi connectivity index (χ3n) is 7.84. The van der Waals surface area contributed by atoms with Crippen LogP contribution < -0.4 is 5.32 Å². The van der Waals surface area contributed by atoms with Crippen molar-refractivity contribution in [2.45, 2.75) is 72.4 Å². The average Bonchev–Trinajstić information content (AvgIpc) is 3.44. The number of amides is 2. The van der Waals surface area contributed by atoms with Gasteiger partial charge in [0, 0.05) is 36.6 Å². The van der Waals surface area contributed by atoms with E-state index in [-0.39, 0.29) is 17.9 Å². The maximum atomic E-state index is 13.5. The van der Waals surface area contributed by atoms with Gasteiger partial charge in [-0.2, -0.15) is 0 Å². The maximum Gasteiger partial charge on any atom is 0.258 e. The van der Waals surface area contributed by atoms with Crippen molar-refractivity contribution >= 4 is 28.8 Å². The lowest BCUT2D eigenvalue weighted by atomic mass is 10.1. The fourth-order valence-electron chi connectivity index (χ4n) is 6.16. The molecule has 1 aromatic carbocycles. The minimum Gasteiger partial charge on any atom is -0.337 e. The van der Waals surface area contributed by atoms with E-state index in [4.69, 9.17) is 4.98 Å². The Balaban J connectivity index is 1.56. The number of rotatable bonds is 6. The largest absolute Gasteiger partial charge is 0.337 e. The van der Waals surface area contributed by atoms with E-state index >= 15 is 0 Å². The summed E-state index contributed by atoms with van der Waals surface area (Å²) < 4.78 is 2.18. The van der Waals surface area contributed by atoms with Crippen molar-refractivity contribution in [2.24, 2.45) is 0 Å². The molecular weight excluding hydrogens is 488 g/mol. The smallest absolute Gasteiger partial charge is 0.258 e. The molecule has 0 radical (unpaired) electrons. The van der Waals surface area contributed by atoms with Crippen molar-refractivity contribution in [1.29, 1.82) is 0 Å². The molecule has 39 heavy (non-hydrogen) atoms. The van der Waals surface area contributed by atoms with Crippen LogP contribution in [0, 0.1) is 20.8 Å². The van der Waals surface area contributed by atoms with Crippen LogP contribution >= 0.6 is 0 Å². The molecular formula is C31H40N6O2. The molecule has 3 aromatic rings. The summed E-state index contributed by atoms with van der Waals surface area (Å²) in [6.45, 7) is 12.3. The van der Waals surface area contributed by atoms with Crippen molar-refractivity contribution < 1.29 is 9.59 Å². The average molecular weight is 529 g/mol. The van der Waals surface area contributed by atoms with Crippen molar-refractivity contribution in [1.82, 2.24) is 24.3 Å². The molecule has 0 saturated carbocycles. The first-order valence-electron chi connectivity index (χ1n) is 14.2. The monoisotopic (exact) mass is 528 g/mol. The quantitative estimate of drug-likeness (QED) is 0.437. The topological polar surface area (TPSA) is 83.4 Å². The Hall–Kier alpha value is -3.52. The fourth-order valence-corrected chi connectivity index (χ4v) is 6.16. The number of aromatic nitrogens is 3. The Morgan fingerprint density at radius 1 is 0.974 bits per heavy atom. The standard InChI is InChI=1S/C31H40N6O2/c1-5-10-28(38)36-14-7-6-11-26(20-36)37-29-21(2)15-24(19-35-12-8-9-13-35)18-27(29)33-31(37)34-30(39)25-16-22(3)32-23(4)17-25/h5,10,15-18,26H,6-9,11-14,19-20H2,1-4H3,(H,33,34,39). The molecule has 2 fully saturated rings. The third kappa shape index (κ3) is 6.06. The van der Waals surface area contributed by atoms with Crippen molar-refractivity contribution in [3.8, 4) is 0 Å². The highest BCUT2D eigenvalue weighted by molar-refractivity contribution is 6.04. The zero-order chi connectivity index (χ0) is 27.5. The van der Waals surface area contributed by atoms with Gasteiger partial charge >= 0.3 is 0 Å². The minimum absolute atomic E-state index is 0.00560. The number of hydrogen-bond acceptors (Lipinski definition) is 5. The zero-order valence-corrected chi connectivity index (χ0v) is 23.7. The van der Waals surface area contributed by atoms with Gasteiger partial charge in [-0.05, 0) is 108 Å². The molecule has 1 unspecified atom stereocenters. The van der Waals surface area contributed by atoms with Gasteiger partial charge in [0.25, 0.3) is 5.91 Å². The predicted molar refractivity (Wildman–Crippen MR) is 155 cm³/mol. The zero-order valence-electron chi connectivity index (χ0n) is 23.7. The first kappa shape index (κ1) is 27.1. The summed E-state index contributed by atoms with van der Waals surface area (Å²) in [5.41, 5.74) is 6.48. The van der Waals surface area contributed by atoms with Crippen LogP contribution in [0.2, 0.25) is 0 Å². The molecule has 0 bridgehead atoms. The molecule has 2 saturated heterocycles. The first-order valence-corrected chi connectivity index (χ1v) is 14.2. The molecule has 0 aliphatic carbocycles. The number of nitrogens with zero attached hydrogens (tertiary/aromatic N) is 5. The van der Waals surface area contributed by atoms with Gasteiger partial charge in [-0.25, -0.2) is 4.98 Å². The Morgan fingerprint density at radius 2 is 1.69 bits per heavy atom. The van der Waals surface area contributed by atoms with Crippen LogP contribution in [0.15, 0.2) is 36.4 Å². The molecule has 8 nitrogen and oxygen atoms in total. The Kier molecular flexibility index (Phi) is 8.12. The van der Waals surface area contributed by atoms with Crippen molar-refractivity contribution in [2.75, 3.05) is 31.5 Å². The second kappa shape index (κ2) is 11.7. The lowest BCUT2D eigenvalue weighted by Crippen LogP contribution is -2.34. The van der Waals surface area contributed by atoms with E-state index in [1.54, 1.807) is 24.3 Å². The number of likely N-dealkylation sites (tertiary alicyclic amines) is 2. The molecule has 1 atom stereocenters. The van der Waals surface area contributed by atoms with Crippen molar-refractivity contribution in [3.63, 3.8) is 0 Å². The molecule has 2 aliphatic rings. The number of aryl methyl sites for hydroxylation is 3. The van der Waals surface area contributed by atoms with Crippen LogP contribution in [0.1, 0.15) is 77.9 Å². The molecule has 2 amide bonds. The van der Waals surface area contributed by atoms with Gasteiger partial charge in [0.2, 0.25) is 11.9 Å². The van der Waals surface area contributed by atoms with Gasteiger partial charge in [0.05, 0.1) is 17.1 Å². The summed E-state index contributed by atoms with van der Waals surface area (Å²) in [5.74, 6) is 0.367. The summed E-state index contributed by atoms with van der Waals surface area (Å²) >= 11 is 0. The fraction of sp³-hybridized carbons (Fsp3) is 0.484. The normalized spacial score (nSPS) is 18.7. The van der Waals surface area contributed by atoms with E-state index in [0.717, 1.165) is 73.4 Å². The summed E-state index contributed by atoms with van der Waals surface area (Å²) in [6, 6.07) is 8.05. The SMILES string of the molecule is CC=CC(=O)N1CCCCC(n2c(NC(=O)c3cc(C)nc(C)c3)nc3cc(CN4CCCC4)cc(C)c32)C1. The third-order valence-corrected chi connectivity index (χ3v) is 7.84. The van der Waals surface area contributed by atoms with Gasteiger partial charge in [-0.15, -0.1) is 0 Å². The Morgan fingerprint density at radius 3 is 2.41 bits per heavy atom. The lowest BCUT2D eigenvalue weighted by molar-refractivity contribution is -0.126. The van der Waals surface area contributed by atoms with Gasteiger partial charge in [-0.1, -0.05) is 12.1 Å². The second-order valence-electron chi connectivity index (χ2n) is 11.1. The van der Waals surface area contributed by atoms with E-state index in [1.807, 2.05) is 25.7 Å². The Labute approximate surface area is 231 Å². The molecule has 206 valence electrons. The number of anilines is 1. The van der Waals surface area contributed by atoms with Gasteiger partial charge in [0.1, 0.15) is 0 Å². The molecule has 8 heteroatoms.